The smallest absolute Gasteiger partial charge is 0.461 e. The van der Waals surface area contributed by atoms with Crippen LogP contribution in [0.15, 0.2) is 30.3 Å². The van der Waals surface area contributed by atoms with Gasteiger partial charge < -0.3 is 4.74 Å². The average Bonchev–Trinajstić information content (AvgIpc) is 2.51. The van der Waals surface area contributed by atoms with Gasteiger partial charge in [0.2, 0.25) is 0 Å². The first-order valence-corrected chi connectivity index (χ1v) is 8.79. The van der Waals surface area contributed by atoms with Crippen molar-refractivity contribution in [2.75, 3.05) is 19.8 Å². The minimum absolute atomic E-state index is 0.109. The molecule has 7 heteroatoms. The first-order chi connectivity index (χ1) is 10.6. The Labute approximate surface area is 131 Å². The molecule has 0 spiro atoms. The van der Waals surface area contributed by atoms with Gasteiger partial charge in [-0.15, -0.1) is 0 Å². The van der Waals surface area contributed by atoms with E-state index in [1.165, 1.54) is 0 Å². The van der Waals surface area contributed by atoms with Crippen LogP contribution in [-0.4, -0.2) is 25.8 Å². The molecular weight excluding hydrogens is 307 g/mol. The van der Waals surface area contributed by atoms with Crippen LogP contribution in [0.4, 0.5) is 0 Å². The molecule has 0 aromatic heterocycles. The predicted octanol–water partition coefficient (Wildman–Crippen LogP) is 3.71. The quantitative estimate of drug-likeness (QED) is 0.350. The number of phosphoric ester groups is 1. The Morgan fingerprint density at radius 2 is 1.68 bits per heavy atom. The normalized spacial score (nSPS) is 11.4. The Bertz CT molecular complexity index is 466. The number of rotatable bonds is 11. The summed E-state index contributed by atoms with van der Waals surface area (Å²) in [5, 5.41) is 0. The average molecular weight is 330 g/mol. The van der Waals surface area contributed by atoms with Gasteiger partial charge in [-0.3, -0.25) is 18.4 Å². The first kappa shape index (κ1) is 18.8. The predicted molar refractivity (Wildman–Crippen MR) is 82.3 cm³/mol. The molecule has 0 bridgehead atoms. The van der Waals surface area contributed by atoms with Gasteiger partial charge in [0.25, 0.3) is 0 Å². The number of esters is 1. The molecule has 0 aliphatic carbocycles. The van der Waals surface area contributed by atoms with E-state index in [-0.39, 0.29) is 38.8 Å². The highest BCUT2D eigenvalue weighted by Crippen LogP contribution is 2.49. The second-order valence-corrected chi connectivity index (χ2v) is 6.03. The zero-order valence-corrected chi connectivity index (χ0v) is 13.9. The molecule has 0 unspecified atom stereocenters. The SMILES string of the molecule is CCOP(=O)(OCC)OCCCC(=O)OCc1ccccc1. The second-order valence-electron chi connectivity index (χ2n) is 4.37. The second kappa shape index (κ2) is 10.5. The zero-order valence-electron chi connectivity index (χ0n) is 13.0. The Kier molecular flexibility index (Phi) is 9.01. The van der Waals surface area contributed by atoms with Crippen LogP contribution in [0.1, 0.15) is 32.3 Å². The number of ether oxygens (including phenoxy) is 1. The fraction of sp³-hybridized carbons (Fsp3) is 0.533. The third kappa shape index (κ3) is 7.71. The van der Waals surface area contributed by atoms with Crippen LogP contribution in [0.25, 0.3) is 0 Å². The molecule has 1 aromatic carbocycles. The van der Waals surface area contributed by atoms with Gasteiger partial charge in [0.1, 0.15) is 6.61 Å². The summed E-state index contributed by atoms with van der Waals surface area (Å²) < 4.78 is 32.2. The molecule has 0 N–H and O–H groups in total. The fourth-order valence-electron chi connectivity index (χ4n) is 1.63. The van der Waals surface area contributed by atoms with Gasteiger partial charge >= 0.3 is 13.8 Å². The molecule has 0 aliphatic heterocycles. The van der Waals surface area contributed by atoms with Crippen LogP contribution < -0.4 is 0 Å². The minimum Gasteiger partial charge on any atom is -0.461 e. The summed E-state index contributed by atoms with van der Waals surface area (Å²) in [5.74, 6) is -0.324. The number of hydrogen-bond donors (Lipinski definition) is 0. The van der Waals surface area contributed by atoms with Crippen LogP contribution in [0.2, 0.25) is 0 Å². The van der Waals surface area contributed by atoms with Crippen LogP contribution >= 0.6 is 7.82 Å². The van der Waals surface area contributed by atoms with Crippen molar-refractivity contribution in [2.24, 2.45) is 0 Å². The highest BCUT2D eigenvalue weighted by Gasteiger charge is 2.24. The first-order valence-electron chi connectivity index (χ1n) is 7.33. The maximum absolute atomic E-state index is 12.0. The van der Waals surface area contributed by atoms with Crippen molar-refractivity contribution in [3.05, 3.63) is 35.9 Å². The highest BCUT2D eigenvalue weighted by atomic mass is 31.2. The molecule has 0 heterocycles. The lowest BCUT2D eigenvalue weighted by molar-refractivity contribution is -0.145. The van der Waals surface area contributed by atoms with Crippen molar-refractivity contribution in [1.82, 2.24) is 0 Å². The largest absolute Gasteiger partial charge is 0.474 e. The molecule has 0 aliphatic rings. The molecule has 0 amide bonds. The third-order valence-corrected chi connectivity index (χ3v) is 4.24. The molecule has 0 saturated heterocycles. The van der Waals surface area contributed by atoms with Crippen molar-refractivity contribution >= 4 is 13.8 Å². The van der Waals surface area contributed by atoms with E-state index in [4.69, 9.17) is 18.3 Å². The van der Waals surface area contributed by atoms with E-state index in [2.05, 4.69) is 0 Å². The summed E-state index contributed by atoms with van der Waals surface area (Å²) in [6.07, 6.45) is 0.572. The number of carbonyl (C=O) groups is 1. The van der Waals surface area contributed by atoms with E-state index in [1.807, 2.05) is 30.3 Å². The van der Waals surface area contributed by atoms with E-state index in [1.54, 1.807) is 13.8 Å². The van der Waals surface area contributed by atoms with Gasteiger partial charge in [0.05, 0.1) is 19.8 Å². The van der Waals surface area contributed by atoms with Crippen molar-refractivity contribution in [3.8, 4) is 0 Å². The molecule has 0 saturated carbocycles. The van der Waals surface area contributed by atoms with E-state index in [0.717, 1.165) is 5.56 Å². The van der Waals surface area contributed by atoms with Crippen LogP contribution in [0.5, 0.6) is 0 Å². The highest BCUT2D eigenvalue weighted by molar-refractivity contribution is 7.48. The molecule has 1 rings (SSSR count). The molecular formula is C15H23O6P. The monoisotopic (exact) mass is 330 g/mol. The standard InChI is InChI=1S/C15H23O6P/c1-3-19-22(17,20-4-2)21-12-8-11-15(16)18-13-14-9-6-5-7-10-14/h5-7,9-10H,3-4,8,11-13H2,1-2H3. The number of benzene rings is 1. The van der Waals surface area contributed by atoms with Crippen molar-refractivity contribution < 1.29 is 27.7 Å². The van der Waals surface area contributed by atoms with Crippen molar-refractivity contribution in [3.63, 3.8) is 0 Å². The van der Waals surface area contributed by atoms with E-state index in [0.29, 0.717) is 6.42 Å². The van der Waals surface area contributed by atoms with Crippen molar-refractivity contribution in [2.45, 2.75) is 33.3 Å². The summed E-state index contributed by atoms with van der Waals surface area (Å²) in [4.78, 5) is 11.6. The minimum atomic E-state index is -3.49. The molecule has 0 radical (unpaired) electrons. The summed E-state index contributed by atoms with van der Waals surface area (Å²) in [7, 11) is -3.49. The van der Waals surface area contributed by atoms with Gasteiger partial charge in [-0.05, 0) is 25.8 Å². The van der Waals surface area contributed by atoms with Gasteiger partial charge in [0.15, 0.2) is 0 Å². The van der Waals surface area contributed by atoms with E-state index < -0.39 is 7.82 Å². The lowest BCUT2D eigenvalue weighted by atomic mass is 10.2. The van der Waals surface area contributed by atoms with Gasteiger partial charge in [-0.2, -0.15) is 0 Å². The lowest BCUT2D eigenvalue weighted by Crippen LogP contribution is -2.07. The fourth-order valence-corrected chi connectivity index (χ4v) is 2.84. The summed E-state index contributed by atoms with van der Waals surface area (Å²) in [5.41, 5.74) is 0.935. The molecule has 124 valence electrons. The topological polar surface area (TPSA) is 71.1 Å². The Morgan fingerprint density at radius 3 is 2.27 bits per heavy atom. The van der Waals surface area contributed by atoms with Crippen LogP contribution in [0.3, 0.4) is 0 Å². The van der Waals surface area contributed by atoms with E-state index in [9.17, 15) is 9.36 Å². The van der Waals surface area contributed by atoms with E-state index >= 15 is 0 Å². The summed E-state index contributed by atoms with van der Waals surface area (Å²) in [6, 6.07) is 9.44. The van der Waals surface area contributed by atoms with Crippen LogP contribution in [-0.2, 0) is 34.3 Å². The Morgan fingerprint density at radius 1 is 1.05 bits per heavy atom. The number of carbonyl (C=O) groups excluding carboxylic acids is 1. The van der Waals surface area contributed by atoms with Gasteiger partial charge in [-0.1, -0.05) is 30.3 Å². The summed E-state index contributed by atoms with van der Waals surface area (Å²) >= 11 is 0. The number of hydrogen-bond acceptors (Lipinski definition) is 6. The van der Waals surface area contributed by atoms with Gasteiger partial charge in [-0.25, -0.2) is 4.57 Å². The Balaban J connectivity index is 2.20. The third-order valence-electron chi connectivity index (χ3n) is 2.59. The zero-order chi connectivity index (χ0) is 16.3. The summed E-state index contributed by atoms with van der Waals surface area (Å²) in [6.45, 7) is 4.23. The van der Waals surface area contributed by atoms with Gasteiger partial charge in [0, 0.05) is 6.42 Å². The Hall–Kier alpha value is -1.20. The van der Waals surface area contributed by atoms with Crippen molar-refractivity contribution in [1.29, 1.82) is 0 Å². The maximum Gasteiger partial charge on any atom is 0.474 e. The van der Waals surface area contributed by atoms with Crippen LogP contribution in [0, 0.1) is 0 Å². The molecule has 22 heavy (non-hydrogen) atoms. The molecule has 0 fully saturated rings. The lowest BCUT2D eigenvalue weighted by Gasteiger charge is -2.16. The number of phosphoric acid groups is 1. The molecule has 6 nitrogen and oxygen atoms in total. The maximum atomic E-state index is 12.0. The molecule has 1 aromatic rings. The molecule has 0 atom stereocenters.